The molecule has 0 aliphatic carbocycles. The topological polar surface area (TPSA) is 44.8 Å². The number of ether oxygens (including phenoxy) is 2. The van der Waals surface area contributed by atoms with Gasteiger partial charge in [-0.1, -0.05) is 6.92 Å². The number of methoxy groups -OCH3 is 1. The van der Waals surface area contributed by atoms with Crippen molar-refractivity contribution in [1.82, 2.24) is 0 Å². The van der Waals surface area contributed by atoms with Crippen molar-refractivity contribution in [2.75, 3.05) is 13.9 Å². The molecule has 72 valence electrons. The van der Waals surface area contributed by atoms with Crippen molar-refractivity contribution in [3.63, 3.8) is 0 Å². The Hall–Kier alpha value is -0.680. The minimum Gasteiger partial charge on any atom is -0.359 e. The molecular formula is C7H13FO4. The van der Waals surface area contributed by atoms with Crippen molar-refractivity contribution in [1.29, 1.82) is 0 Å². The van der Waals surface area contributed by atoms with E-state index in [4.69, 9.17) is 4.74 Å². The standard InChI is InChI=1S/C7H13FO4/c1-4-7(2,6(9)12-8)11-5-10-3/h4-5H2,1-3H3. The van der Waals surface area contributed by atoms with E-state index in [-0.39, 0.29) is 6.79 Å². The molecule has 0 saturated heterocycles. The molecule has 1 unspecified atom stereocenters. The summed E-state index contributed by atoms with van der Waals surface area (Å²) in [6.07, 6.45) is 0.319. The summed E-state index contributed by atoms with van der Waals surface area (Å²) >= 11 is 0. The van der Waals surface area contributed by atoms with E-state index in [0.29, 0.717) is 6.42 Å². The fraction of sp³-hybridized carbons (Fsp3) is 0.857. The maximum absolute atomic E-state index is 11.5. The van der Waals surface area contributed by atoms with Crippen LogP contribution in [0.4, 0.5) is 4.53 Å². The van der Waals surface area contributed by atoms with Crippen molar-refractivity contribution in [2.24, 2.45) is 0 Å². The van der Waals surface area contributed by atoms with Crippen LogP contribution in [0.3, 0.4) is 0 Å². The monoisotopic (exact) mass is 180 g/mol. The summed E-state index contributed by atoms with van der Waals surface area (Å²) in [5.74, 6) is -1.04. The van der Waals surface area contributed by atoms with Gasteiger partial charge in [-0.15, -0.1) is 0 Å². The van der Waals surface area contributed by atoms with Gasteiger partial charge in [0.25, 0.3) is 0 Å². The van der Waals surface area contributed by atoms with Crippen LogP contribution in [0.5, 0.6) is 0 Å². The molecule has 0 aromatic carbocycles. The molecule has 1 atom stereocenters. The third-order valence-electron chi connectivity index (χ3n) is 1.67. The first-order valence-electron chi connectivity index (χ1n) is 3.56. The van der Waals surface area contributed by atoms with E-state index in [9.17, 15) is 9.32 Å². The predicted molar refractivity (Wildman–Crippen MR) is 38.9 cm³/mol. The Morgan fingerprint density at radius 1 is 1.58 bits per heavy atom. The average molecular weight is 180 g/mol. The first-order valence-corrected chi connectivity index (χ1v) is 3.56. The van der Waals surface area contributed by atoms with Crippen LogP contribution in [0.2, 0.25) is 0 Å². The quantitative estimate of drug-likeness (QED) is 0.596. The Balaban J connectivity index is 4.13. The number of hydrogen-bond donors (Lipinski definition) is 0. The van der Waals surface area contributed by atoms with E-state index in [1.54, 1.807) is 6.92 Å². The minimum atomic E-state index is -1.26. The van der Waals surface area contributed by atoms with Crippen LogP contribution >= 0.6 is 0 Å². The first-order chi connectivity index (χ1) is 5.60. The molecular weight excluding hydrogens is 167 g/mol. The molecule has 0 bridgehead atoms. The van der Waals surface area contributed by atoms with Crippen molar-refractivity contribution in [3.05, 3.63) is 0 Å². The highest BCUT2D eigenvalue weighted by atomic mass is 19.3. The second-order valence-corrected chi connectivity index (χ2v) is 2.50. The Labute approximate surface area is 70.5 Å². The number of rotatable bonds is 5. The van der Waals surface area contributed by atoms with Gasteiger partial charge in [-0.3, -0.25) is 4.94 Å². The van der Waals surface area contributed by atoms with Gasteiger partial charge >= 0.3 is 5.97 Å². The molecule has 0 saturated carbocycles. The van der Waals surface area contributed by atoms with Crippen molar-refractivity contribution >= 4 is 5.97 Å². The number of carbonyl (C=O) groups excluding carboxylic acids is 1. The minimum absolute atomic E-state index is 0.0700. The summed E-state index contributed by atoms with van der Waals surface area (Å²) in [5, 5.41) is 0. The van der Waals surface area contributed by atoms with E-state index >= 15 is 0 Å². The molecule has 0 spiro atoms. The van der Waals surface area contributed by atoms with Gasteiger partial charge in [0.05, 0.1) is 0 Å². The lowest BCUT2D eigenvalue weighted by molar-refractivity contribution is -0.219. The largest absolute Gasteiger partial charge is 0.380 e. The molecule has 0 amide bonds. The van der Waals surface area contributed by atoms with Gasteiger partial charge in [-0.05, 0) is 13.3 Å². The maximum atomic E-state index is 11.5. The van der Waals surface area contributed by atoms with Crippen LogP contribution < -0.4 is 0 Å². The van der Waals surface area contributed by atoms with Crippen molar-refractivity contribution in [2.45, 2.75) is 25.9 Å². The Morgan fingerprint density at radius 2 is 2.17 bits per heavy atom. The molecule has 0 heterocycles. The Bertz CT molecular complexity index is 150. The fourth-order valence-corrected chi connectivity index (χ4v) is 0.576. The SMILES string of the molecule is CCC(C)(OCOC)C(=O)OF. The normalized spacial score (nSPS) is 15.3. The Morgan fingerprint density at radius 3 is 2.50 bits per heavy atom. The maximum Gasteiger partial charge on any atom is 0.380 e. The molecule has 5 heteroatoms. The van der Waals surface area contributed by atoms with Gasteiger partial charge in [0, 0.05) is 11.6 Å². The highest BCUT2D eigenvalue weighted by Gasteiger charge is 2.35. The van der Waals surface area contributed by atoms with Gasteiger partial charge in [0.2, 0.25) is 0 Å². The summed E-state index contributed by atoms with van der Waals surface area (Å²) in [6, 6.07) is 0. The fourth-order valence-electron chi connectivity index (χ4n) is 0.576. The lowest BCUT2D eigenvalue weighted by Gasteiger charge is -2.22. The van der Waals surface area contributed by atoms with Crippen LogP contribution in [0.15, 0.2) is 0 Å². The van der Waals surface area contributed by atoms with Gasteiger partial charge in [0.1, 0.15) is 6.79 Å². The zero-order valence-corrected chi connectivity index (χ0v) is 7.43. The first kappa shape index (κ1) is 11.3. The highest BCUT2D eigenvalue weighted by molar-refractivity contribution is 5.78. The van der Waals surface area contributed by atoms with E-state index in [1.807, 2.05) is 0 Å². The zero-order valence-electron chi connectivity index (χ0n) is 7.43. The molecule has 12 heavy (non-hydrogen) atoms. The molecule has 0 aliphatic rings. The molecule has 0 rings (SSSR count). The van der Waals surface area contributed by atoms with Gasteiger partial charge < -0.3 is 9.47 Å². The average Bonchev–Trinajstić information content (AvgIpc) is 2.12. The second kappa shape index (κ2) is 5.05. The number of carbonyl (C=O) groups is 1. The Kier molecular flexibility index (Phi) is 4.77. The molecule has 0 N–H and O–H groups in total. The molecule has 0 fully saturated rings. The van der Waals surface area contributed by atoms with Crippen LogP contribution in [0, 0.1) is 0 Å². The lowest BCUT2D eigenvalue weighted by atomic mass is 10.0. The summed E-state index contributed by atoms with van der Waals surface area (Å²) < 4.78 is 21.1. The summed E-state index contributed by atoms with van der Waals surface area (Å²) in [5.41, 5.74) is -1.26. The molecule has 0 aromatic rings. The van der Waals surface area contributed by atoms with Crippen LogP contribution in [0.1, 0.15) is 20.3 Å². The summed E-state index contributed by atoms with van der Waals surface area (Å²) in [6.45, 7) is 3.06. The molecule has 4 nitrogen and oxygen atoms in total. The smallest absolute Gasteiger partial charge is 0.359 e. The van der Waals surface area contributed by atoms with Crippen LogP contribution in [-0.4, -0.2) is 25.5 Å². The predicted octanol–water partition coefficient (Wildman–Crippen LogP) is 1.20. The second-order valence-electron chi connectivity index (χ2n) is 2.50. The van der Waals surface area contributed by atoms with Gasteiger partial charge in [-0.2, -0.15) is 0 Å². The van der Waals surface area contributed by atoms with Gasteiger partial charge in [0.15, 0.2) is 5.60 Å². The molecule has 0 aromatic heterocycles. The van der Waals surface area contributed by atoms with Crippen molar-refractivity contribution < 1.29 is 23.7 Å². The molecule has 0 radical (unpaired) electrons. The van der Waals surface area contributed by atoms with E-state index in [1.165, 1.54) is 14.0 Å². The van der Waals surface area contributed by atoms with Crippen LogP contribution in [-0.2, 0) is 19.2 Å². The third kappa shape index (κ3) is 2.75. The third-order valence-corrected chi connectivity index (χ3v) is 1.67. The van der Waals surface area contributed by atoms with E-state index in [2.05, 4.69) is 9.68 Å². The number of halogens is 1. The summed E-state index contributed by atoms with van der Waals surface area (Å²) in [7, 11) is 1.41. The van der Waals surface area contributed by atoms with E-state index < -0.39 is 11.6 Å². The molecule has 0 aliphatic heterocycles. The van der Waals surface area contributed by atoms with Gasteiger partial charge in [-0.25, -0.2) is 4.79 Å². The zero-order chi connectivity index (χ0) is 9.61. The van der Waals surface area contributed by atoms with E-state index in [0.717, 1.165) is 0 Å². The van der Waals surface area contributed by atoms with Crippen LogP contribution in [0.25, 0.3) is 0 Å². The summed E-state index contributed by atoms with van der Waals surface area (Å²) in [4.78, 5) is 13.9. The van der Waals surface area contributed by atoms with Crippen molar-refractivity contribution in [3.8, 4) is 0 Å². The highest BCUT2D eigenvalue weighted by Crippen LogP contribution is 2.17. The lowest BCUT2D eigenvalue weighted by Crippen LogP contribution is -2.38. The number of hydrogen-bond acceptors (Lipinski definition) is 4.